The second-order valence-electron chi connectivity index (χ2n) is 5.10. The maximum atomic E-state index is 13.2. The summed E-state index contributed by atoms with van der Waals surface area (Å²) in [6, 6.07) is 4.96. The predicted octanol–water partition coefficient (Wildman–Crippen LogP) is 2.56. The Morgan fingerprint density at radius 2 is 1.95 bits per heavy atom. The fraction of sp³-hybridized carbons (Fsp3) is 0.600. The molecule has 0 fully saturated rings. The molecule has 0 aliphatic heterocycles. The lowest BCUT2D eigenvalue weighted by atomic mass is 10.2. The molecule has 0 spiro atoms. The lowest BCUT2D eigenvalue weighted by Crippen LogP contribution is -2.24. The van der Waals surface area contributed by atoms with Crippen molar-refractivity contribution < 1.29 is 9.13 Å². The molecule has 0 aliphatic carbocycles. The first kappa shape index (κ1) is 15.9. The first-order chi connectivity index (χ1) is 9.13. The molecule has 0 amide bonds. The highest BCUT2D eigenvalue weighted by atomic mass is 19.1. The van der Waals surface area contributed by atoms with Crippen molar-refractivity contribution in [2.75, 3.05) is 26.7 Å². The van der Waals surface area contributed by atoms with Crippen molar-refractivity contribution in [1.29, 1.82) is 0 Å². The third-order valence-corrected chi connectivity index (χ3v) is 2.80. The minimum absolute atomic E-state index is 0.304. The first-order valence-electron chi connectivity index (χ1n) is 6.87. The van der Waals surface area contributed by atoms with Crippen LogP contribution in [0.5, 0.6) is 5.75 Å². The Morgan fingerprint density at radius 1 is 1.21 bits per heavy atom. The summed E-state index contributed by atoms with van der Waals surface area (Å²) in [4.78, 5) is 0. The summed E-state index contributed by atoms with van der Waals surface area (Å²) in [5.74, 6) is 0.682. The summed E-state index contributed by atoms with van der Waals surface area (Å²) in [6.07, 6.45) is 1.09. The molecule has 1 aromatic rings. The zero-order chi connectivity index (χ0) is 14.1. The lowest BCUT2D eigenvalue weighted by Gasteiger charge is -2.09. The van der Waals surface area contributed by atoms with E-state index in [0.29, 0.717) is 11.7 Å². The van der Waals surface area contributed by atoms with E-state index in [1.165, 1.54) is 13.2 Å². The van der Waals surface area contributed by atoms with Gasteiger partial charge in [0.05, 0.1) is 7.11 Å². The number of benzene rings is 1. The van der Waals surface area contributed by atoms with E-state index in [4.69, 9.17) is 4.74 Å². The summed E-state index contributed by atoms with van der Waals surface area (Å²) in [6.45, 7) is 8.18. The second kappa shape index (κ2) is 8.88. The van der Waals surface area contributed by atoms with Gasteiger partial charge in [-0.05, 0) is 49.7 Å². The fourth-order valence-corrected chi connectivity index (χ4v) is 1.78. The number of rotatable bonds is 9. The van der Waals surface area contributed by atoms with Crippen LogP contribution in [0.25, 0.3) is 0 Å². The molecule has 108 valence electrons. The number of methoxy groups -OCH3 is 1. The van der Waals surface area contributed by atoms with Gasteiger partial charge in [0.25, 0.3) is 0 Å². The number of nitrogens with one attached hydrogen (secondary N) is 2. The van der Waals surface area contributed by atoms with Gasteiger partial charge in [0.15, 0.2) is 11.6 Å². The lowest BCUT2D eigenvalue weighted by molar-refractivity contribution is 0.385. The Labute approximate surface area is 115 Å². The second-order valence-corrected chi connectivity index (χ2v) is 5.10. The molecule has 0 aliphatic rings. The summed E-state index contributed by atoms with van der Waals surface area (Å²) in [7, 11) is 1.48. The topological polar surface area (TPSA) is 33.3 Å². The van der Waals surface area contributed by atoms with Crippen LogP contribution in [0.2, 0.25) is 0 Å². The van der Waals surface area contributed by atoms with E-state index >= 15 is 0 Å². The van der Waals surface area contributed by atoms with Crippen molar-refractivity contribution in [2.24, 2.45) is 5.92 Å². The number of ether oxygens (including phenoxy) is 1. The number of hydrogen-bond donors (Lipinski definition) is 2. The zero-order valence-electron chi connectivity index (χ0n) is 12.1. The van der Waals surface area contributed by atoms with Gasteiger partial charge in [0.1, 0.15) is 0 Å². The predicted molar refractivity (Wildman–Crippen MR) is 77.0 cm³/mol. The Bertz CT molecular complexity index is 369. The van der Waals surface area contributed by atoms with Gasteiger partial charge in [-0.1, -0.05) is 19.9 Å². The summed E-state index contributed by atoms with van der Waals surface area (Å²) >= 11 is 0. The first-order valence-corrected chi connectivity index (χ1v) is 6.87. The smallest absolute Gasteiger partial charge is 0.165 e. The summed E-state index contributed by atoms with van der Waals surface area (Å²) in [5.41, 5.74) is 1.04. The monoisotopic (exact) mass is 268 g/mol. The fourth-order valence-electron chi connectivity index (χ4n) is 1.78. The molecule has 0 bridgehead atoms. The normalized spacial score (nSPS) is 11.0. The van der Waals surface area contributed by atoms with Crippen LogP contribution < -0.4 is 15.4 Å². The molecule has 0 saturated heterocycles. The highest BCUT2D eigenvalue weighted by molar-refractivity contribution is 5.30. The van der Waals surface area contributed by atoms with Gasteiger partial charge in [0, 0.05) is 6.54 Å². The molecule has 0 aromatic heterocycles. The van der Waals surface area contributed by atoms with E-state index in [-0.39, 0.29) is 5.82 Å². The van der Waals surface area contributed by atoms with Crippen LogP contribution >= 0.6 is 0 Å². The molecule has 1 rings (SSSR count). The van der Waals surface area contributed by atoms with Gasteiger partial charge in [-0.25, -0.2) is 4.39 Å². The van der Waals surface area contributed by atoms with Crippen molar-refractivity contribution in [1.82, 2.24) is 10.6 Å². The molecule has 0 atom stereocenters. The molecule has 3 nitrogen and oxygen atoms in total. The van der Waals surface area contributed by atoms with E-state index in [2.05, 4.69) is 24.5 Å². The Kier molecular flexibility index (Phi) is 7.45. The maximum absolute atomic E-state index is 13.2. The van der Waals surface area contributed by atoms with Gasteiger partial charge < -0.3 is 15.4 Å². The molecule has 2 N–H and O–H groups in total. The molecule has 4 heteroatoms. The van der Waals surface area contributed by atoms with Gasteiger partial charge in [-0.3, -0.25) is 0 Å². The largest absolute Gasteiger partial charge is 0.494 e. The van der Waals surface area contributed by atoms with E-state index in [1.54, 1.807) is 12.1 Å². The van der Waals surface area contributed by atoms with E-state index in [0.717, 1.165) is 38.2 Å². The molecule has 0 unspecified atom stereocenters. The minimum atomic E-state index is -0.316. The number of hydrogen-bond acceptors (Lipinski definition) is 3. The molecular weight excluding hydrogens is 243 g/mol. The van der Waals surface area contributed by atoms with Crippen molar-refractivity contribution >= 4 is 0 Å². The quantitative estimate of drug-likeness (QED) is 0.675. The van der Waals surface area contributed by atoms with Crippen molar-refractivity contribution in [2.45, 2.75) is 26.8 Å². The van der Waals surface area contributed by atoms with Crippen LogP contribution in [0, 0.1) is 11.7 Å². The van der Waals surface area contributed by atoms with Gasteiger partial charge in [-0.2, -0.15) is 0 Å². The minimum Gasteiger partial charge on any atom is -0.494 e. The Hall–Kier alpha value is -1.13. The van der Waals surface area contributed by atoms with Crippen molar-refractivity contribution in [3.05, 3.63) is 29.6 Å². The van der Waals surface area contributed by atoms with Gasteiger partial charge in [0.2, 0.25) is 0 Å². The van der Waals surface area contributed by atoms with E-state index in [9.17, 15) is 4.39 Å². The van der Waals surface area contributed by atoms with Gasteiger partial charge in [-0.15, -0.1) is 0 Å². The molecule has 0 radical (unpaired) electrons. The van der Waals surface area contributed by atoms with Crippen LogP contribution in [0.15, 0.2) is 18.2 Å². The van der Waals surface area contributed by atoms with Crippen LogP contribution in [0.4, 0.5) is 4.39 Å². The maximum Gasteiger partial charge on any atom is 0.165 e. The molecular formula is C15H25FN2O. The highest BCUT2D eigenvalue weighted by Gasteiger charge is 2.02. The molecule has 1 aromatic carbocycles. The third-order valence-electron chi connectivity index (χ3n) is 2.80. The molecule has 0 saturated carbocycles. The van der Waals surface area contributed by atoms with Gasteiger partial charge >= 0.3 is 0 Å². The average Bonchev–Trinajstić information content (AvgIpc) is 2.39. The van der Waals surface area contributed by atoms with Crippen LogP contribution in [0.3, 0.4) is 0 Å². The van der Waals surface area contributed by atoms with E-state index < -0.39 is 0 Å². The summed E-state index contributed by atoms with van der Waals surface area (Å²) < 4.78 is 18.2. The molecule has 19 heavy (non-hydrogen) atoms. The van der Waals surface area contributed by atoms with Crippen molar-refractivity contribution in [3.63, 3.8) is 0 Å². The highest BCUT2D eigenvalue weighted by Crippen LogP contribution is 2.17. The van der Waals surface area contributed by atoms with Crippen LogP contribution in [-0.4, -0.2) is 26.7 Å². The van der Waals surface area contributed by atoms with E-state index in [1.807, 2.05) is 0 Å². The Balaban J connectivity index is 2.15. The van der Waals surface area contributed by atoms with Crippen LogP contribution in [0.1, 0.15) is 25.8 Å². The summed E-state index contributed by atoms with van der Waals surface area (Å²) in [5, 5.41) is 6.74. The third kappa shape index (κ3) is 6.55. The zero-order valence-corrected chi connectivity index (χ0v) is 12.1. The van der Waals surface area contributed by atoms with Crippen LogP contribution in [-0.2, 0) is 6.54 Å². The Morgan fingerprint density at radius 3 is 2.63 bits per heavy atom. The SMILES string of the molecule is COc1cc(CNCCCNCC(C)C)ccc1F. The number of halogens is 1. The molecule has 0 heterocycles. The van der Waals surface area contributed by atoms with Crippen molar-refractivity contribution in [3.8, 4) is 5.75 Å². The average molecular weight is 268 g/mol. The standard InChI is InChI=1S/C15H25FN2O/c1-12(2)10-17-7-4-8-18-11-13-5-6-14(16)15(9-13)19-3/h5-6,9,12,17-18H,4,7-8,10-11H2,1-3H3.